The van der Waals surface area contributed by atoms with Gasteiger partial charge in [-0.2, -0.15) is 0 Å². The maximum Gasteiger partial charge on any atom is 0.305 e. The number of hydrogen-bond donors (Lipinski definition) is 10. The third kappa shape index (κ3) is 11.5. The summed E-state index contributed by atoms with van der Waals surface area (Å²) >= 11 is 0. The van der Waals surface area contributed by atoms with E-state index in [1.54, 1.807) is 0 Å². The van der Waals surface area contributed by atoms with E-state index in [0.29, 0.717) is 6.42 Å². The number of guanidine groups is 1. The van der Waals surface area contributed by atoms with Crippen LogP contribution in [0, 0.1) is 0 Å². The Labute approximate surface area is 257 Å². The quantitative estimate of drug-likeness (QED) is 0.0706. The highest BCUT2D eigenvalue weighted by Gasteiger charge is 2.39. The van der Waals surface area contributed by atoms with E-state index in [9.17, 15) is 48.6 Å². The SMILES string of the molecule is C[C@@H]1NC(=O)[C@@H]2CCCN2C(=O)[C@H](CO)NC(=O)[C@H](CC(=O)O)NC(=O)CNC(=O)[C@H](CCCN=C(N)N)NC(=O)CNC1=O. The van der Waals surface area contributed by atoms with Crippen molar-refractivity contribution in [2.75, 3.05) is 32.8 Å². The van der Waals surface area contributed by atoms with Crippen LogP contribution in [0.2, 0.25) is 0 Å². The molecule has 5 atom stereocenters. The van der Waals surface area contributed by atoms with Crippen LogP contribution in [0.3, 0.4) is 0 Å². The van der Waals surface area contributed by atoms with Crippen molar-refractivity contribution in [2.45, 2.75) is 69.2 Å². The van der Waals surface area contributed by atoms with Crippen molar-refractivity contribution in [3.05, 3.63) is 0 Å². The van der Waals surface area contributed by atoms with Crippen molar-refractivity contribution in [2.24, 2.45) is 16.5 Å². The molecule has 0 saturated carbocycles. The van der Waals surface area contributed by atoms with Gasteiger partial charge in [-0.15, -0.1) is 0 Å². The molecule has 45 heavy (non-hydrogen) atoms. The molecule has 0 aliphatic carbocycles. The summed E-state index contributed by atoms with van der Waals surface area (Å²) in [6.07, 6.45) is -0.0670. The highest BCUT2D eigenvalue weighted by atomic mass is 16.4. The van der Waals surface area contributed by atoms with Crippen LogP contribution in [0.25, 0.3) is 0 Å². The van der Waals surface area contributed by atoms with Crippen molar-refractivity contribution in [1.29, 1.82) is 0 Å². The number of carbonyl (C=O) groups is 8. The van der Waals surface area contributed by atoms with E-state index >= 15 is 0 Å². The van der Waals surface area contributed by atoms with Gasteiger partial charge >= 0.3 is 5.97 Å². The van der Waals surface area contributed by atoms with E-state index in [-0.39, 0.29) is 38.3 Å². The van der Waals surface area contributed by atoms with Gasteiger partial charge in [-0.3, -0.25) is 43.3 Å². The first-order chi connectivity index (χ1) is 21.2. The van der Waals surface area contributed by atoms with Crippen LogP contribution < -0.4 is 43.4 Å². The molecule has 2 aliphatic heterocycles. The van der Waals surface area contributed by atoms with Gasteiger partial charge in [0.15, 0.2) is 5.96 Å². The molecule has 0 aromatic heterocycles. The highest BCUT2D eigenvalue weighted by molar-refractivity contribution is 5.98. The first-order valence-electron chi connectivity index (χ1n) is 14.2. The van der Waals surface area contributed by atoms with Gasteiger partial charge in [0.2, 0.25) is 41.4 Å². The summed E-state index contributed by atoms with van der Waals surface area (Å²) in [6.45, 7) is -0.671. The third-order valence-corrected chi connectivity index (χ3v) is 6.86. The zero-order valence-electron chi connectivity index (χ0n) is 24.7. The highest BCUT2D eigenvalue weighted by Crippen LogP contribution is 2.19. The Morgan fingerprint density at radius 1 is 0.867 bits per heavy atom. The first kappa shape index (κ1) is 36.2. The number of aliphatic hydroxyl groups excluding tert-OH is 1. The lowest BCUT2D eigenvalue weighted by Gasteiger charge is -2.29. The van der Waals surface area contributed by atoms with Crippen molar-refractivity contribution in [3.63, 3.8) is 0 Å². The molecule has 7 amide bonds. The number of aliphatic imine (C=N–C) groups is 1. The summed E-state index contributed by atoms with van der Waals surface area (Å²) in [5, 5.41) is 33.0. The zero-order valence-corrected chi connectivity index (χ0v) is 24.7. The van der Waals surface area contributed by atoms with Crippen molar-refractivity contribution in [3.8, 4) is 0 Å². The second-order valence-corrected chi connectivity index (χ2v) is 10.4. The number of hydrogen-bond acceptors (Lipinski definition) is 10. The van der Waals surface area contributed by atoms with Crippen molar-refractivity contribution < 1.29 is 48.6 Å². The van der Waals surface area contributed by atoms with Crippen LogP contribution in [0.4, 0.5) is 0 Å². The van der Waals surface area contributed by atoms with E-state index in [1.165, 1.54) is 6.92 Å². The van der Waals surface area contributed by atoms with Crippen LogP contribution in [0.15, 0.2) is 4.99 Å². The number of aliphatic hydroxyl groups is 1. The molecule has 2 heterocycles. The van der Waals surface area contributed by atoms with Gasteiger partial charge in [0.25, 0.3) is 0 Å². The lowest BCUT2D eigenvalue weighted by atomic mass is 10.1. The number of nitrogens with two attached hydrogens (primary N) is 2. The number of nitrogens with one attached hydrogen (secondary N) is 6. The van der Waals surface area contributed by atoms with Crippen LogP contribution in [-0.2, 0) is 38.4 Å². The van der Waals surface area contributed by atoms with Crippen LogP contribution in [-0.4, -0.2) is 131 Å². The lowest BCUT2D eigenvalue weighted by Crippen LogP contribution is -2.59. The van der Waals surface area contributed by atoms with Gasteiger partial charge in [0.05, 0.1) is 26.1 Å². The fourth-order valence-electron chi connectivity index (χ4n) is 4.59. The number of fused-ring (bicyclic) bond motifs is 1. The largest absolute Gasteiger partial charge is 0.481 e. The maximum absolute atomic E-state index is 13.2. The predicted molar refractivity (Wildman–Crippen MR) is 153 cm³/mol. The van der Waals surface area contributed by atoms with Gasteiger partial charge in [0, 0.05) is 13.1 Å². The Morgan fingerprint density at radius 3 is 2.09 bits per heavy atom. The van der Waals surface area contributed by atoms with E-state index < -0.39 is 104 Å². The fraction of sp³-hybridized carbons (Fsp3) is 0.640. The number of rotatable bonds is 7. The van der Waals surface area contributed by atoms with E-state index in [4.69, 9.17) is 11.5 Å². The number of carboxylic acid groups (broad SMARTS) is 1. The van der Waals surface area contributed by atoms with Gasteiger partial charge in [-0.25, -0.2) is 0 Å². The minimum atomic E-state index is -1.71. The number of carbonyl (C=O) groups excluding carboxylic acids is 7. The summed E-state index contributed by atoms with van der Waals surface area (Å²) < 4.78 is 0. The second kappa shape index (κ2) is 17.3. The molecule has 0 aromatic carbocycles. The van der Waals surface area contributed by atoms with Gasteiger partial charge in [0.1, 0.15) is 30.2 Å². The molecule has 250 valence electrons. The molecule has 0 bridgehead atoms. The Hall–Kier alpha value is -5.01. The van der Waals surface area contributed by atoms with Crippen molar-refractivity contribution in [1.82, 2.24) is 36.8 Å². The predicted octanol–water partition coefficient (Wildman–Crippen LogP) is -6.30. The van der Waals surface area contributed by atoms with Crippen molar-refractivity contribution >= 4 is 53.3 Å². The topological polar surface area (TPSA) is 317 Å². The molecule has 20 heteroatoms. The molecule has 2 saturated heterocycles. The molecule has 0 radical (unpaired) electrons. The molecule has 2 aliphatic rings. The average Bonchev–Trinajstić information content (AvgIpc) is 3.47. The summed E-state index contributed by atoms with van der Waals surface area (Å²) in [7, 11) is 0. The normalized spacial score (nSPS) is 26.1. The molecular formula is C25H40N10O10. The second-order valence-electron chi connectivity index (χ2n) is 10.4. The number of nitrogens with zero attached hydrogens (tertiary/aromatic N) is 2. The standard InChI is InChI=1S/C25H40N10O10/c1-12-20(41)29-9-17(37)32-13(4-2-6-28-25(26)27)21(42)30-10-18(38)33-14(8-19(39)40)22(43)34-15(11-36)24(45)35-7-3-5-16(35)23(44)31-12/h12-16,36H,2-11H2,1H3,(H,29,41)(H,30,42)(H,31,44)(H,32,37)(H,33,38)(H,34,43)(H,39,40)(H4,26,27,28)/t12-,13-,14-,15-,16-/m0/s1. The molecule has 0 aromatic rings. The zero-order chi connectivity index (χ0) is 33.7. The molecule has 2 rings (SSSR count). The molecular weight excluding hydrogens is 600 g/mol. The van der Waals surface area contributed by atoms with E-state index in [2.05, 4.69) is 36.9 Å². The molecule has 2 fully saturated rings. The Balaban J connectivity index is 2.33. The fourth-order valence-corrected chi connectivity index (χ4v) is 4.59. The maximum atomic E-state index is 13.2. The summed E-state index contributed by atoms with van der Waals surface area (Å²) in [5.74, 6) is -7.66. The van der Waals surface area contributed by atoms with Crippen LogP contribution >= 0.6 is 0 Å². The Kier molecular flexibility index (Phi) is 13.9. The molecule has 12 N–H and O–H groups in total. The van der Waals surface area contributed by atoms with Gasteiger partial charge in [-0.05, 0) is 32.6 Å². The lowest BCUT2D eigenvalue weighted by molar-refractivity contribution is -0.144. The Bertz CT molecular complexity index is 1190. The van der Waals surface area contributed by atoms with Crippen LogP contribution in [0.5, 0.6) is 0 Å². The first-order valence-corrected chi connectivity index (χ1v) is 14.2. The molecule has 0 spiro atoms. The Morgan fingerprint density at radius 2 is 1.49 bits per heavy atom. The number of amides is 7. The molecule has 20 nitrogen and oxygen atoms in total. The number of aliphatic carboxylic acids is 1. The third-order valence-electron chi connectivity index (χ3n) is 6.86. The smallest absolute Gasteiger partial charge is 0.305 e. The van der Waals surface area contributed by atoms with Crippen LogP contribution in [0.1, 0.15) is 39.0 Å². The molecule has 0 unspecified atom stereocenters. The summed E-state index contributed by atoms with van der Waals surface area (Å²) in [5.41, 5.74) is 10.6. The van der Waals surface area contributed by atoms with E-state index in [1.807, 2.05) is 0 Å². The van der Waals surface area contributed by atoms with E-state index in [0.717, 1.165) is 4.90 Å². The summed E-state index contributed by atoms with van der Waals surface area (Å²) in [4.78, 5) is 106. The monoisotopic (exact) mass is 640 g/mol. The minimum absolute atomic E-state index is 0.00882. The average molecular weight is 641 g/mol. The minimum Gasteiger partial charge on any atom is -0.481 e. The van der Waals surface area contributed by atoms with Gasteiger partial charge in [-0.1, -0.05) is 0 Å². The van der Waals surface area contributed by atoms with Gasteiger partial charge < -0.3 is 58.5 Å². The summed E-state index contributed by atoms with van der Waals surface area (Å²) in [6, 6.07) is -6.72. The number of carboxylic acids is 1.